The number of carbonyl (C=O) groups excluding carboxylic acids is 1. The van der Waals surface area contributed by atoms with Crippen LogP contribution in [-0.2, 0) is 4.79 Å². The molecular formula is C11H9N3OS. The molecule has 80 valence electrons. The lowest BCUT2D eigenvalue weighted by Gasteiger charge is -1.98. The van der Waals surface area contributed by atoms with Crippen molar-refractivity contribution in [2.45, 2.75) is 18.0 Å². The molecule has 0 N–H and O–H groups in total. The van der Waals surface area contributed by atoms with Crippen LogP contribution in [0.4, 0.5) is 0 Å². The third-order valence-corrected chi connectivity index (χ3v) is 3.49. The maximum absolute atomic E-state index is 11.1. The summed E-state index contributed by atoms with van der Waals surface area (Å²) in [4.78, 5) is 12.2. The van der Waals surface area contributed by atoms with Gasteiger partial charge in [-0.3, -0.25) is 9.20 Å². The van der Waals surface area contributed by atoms with Crippen LogP contribution in [0.2, 0.25) is 0 Å². The van der Waals surface area contributed by atoms with Crippen molar-refractivity contribution in [3.8, 4) is 0 Å². The molecule has 3 rings (SSSR count). The molecule has 0 bridgehead atoms. The summed E-state index contributed by atoms with van der Waals surface area (Å²) in [5.41, 5.74) is 0.829. The number of pyridine rings is 1. The lowest BCUT2D eigenvalue weighted by atomic mass is 10.3. The first-order chi connectivity index (χ1) is 7.83. The molecular weight excluding hydrogens is 222 g/mol. The second-order valence-corrected chi connectivity index (χ2v) is 4.68. The van der Waals surface area contributed by atoms with Gasteiger partial charge in [-0.25, -0.2) is 0 Å². The molecule has 2 aromatic heterocycles. The Kier molecular flexibility index (Phi) is 2.25. The third kappa shape index (κ3) is 1.63. The molecule has 1 aliphatic carbocycles. The predicted molar refractivity (Wildman–Crippen MR) is 61.2 cm³/mol. The number of hydrogen-bond donors (Lipinski definition) is 0. The zero-order chi connectivity index (χ0) is 11.0. The van der Waals surface area contributed by atoms with Gasteiger partial charge >= 0.3 is 0 Å². The number of carbonyl (C=O) groups is 1. The number of nitrogens with zero attached hydrogens (tertiary/aromatic N) is 3. The molecule has 2 aromatic rings. The minimum absolute atomic E-state index is 0.205. The maximum Gasteiger partial charge on any atom is 0.200 e. The topological polar surface area (TPSA) is 47.3 Å². The minimum atomic E-state index is 0.205. The number of thioether (sulfide) groups is 1. The molecule has 16 heavy (non-hydrogen) atoms. The smallest absolute Gasteiger partial charge is 0.200 e. The van der Waals surface area contributed by atoms with E-state index in [1.54, 1.807) is 6.08 Å². The lowest BCUT2D eigenvalue weighted by molar-refractivity contribution is -0.114. The number of allylic oxidation sites excluding steroid dienone is 2. The van der Waals surface area contributed by atoms with E-state index in [1.807, 2.05) is 28.8 Å². The molecule has 0 atom stereocenters. The van der Waals surface area contributed by atoms with Crippen molar-refractivity contribution in [2.75, 3.05) is 0 Å². The van der Waals surface area contributed by atoms with Crippen LogP contribution < -0.4 is 0 Å². The number of fused-ring (bicyclic) bond motifs is 1. The van der Waals surface area contributed by atoms with Crippen LogP contribution in [0.1, 0.15) is 12.8 Å². The second kappa shape index (κ2) is 3.75. The van der Waals surface area contributed by atoms with Crippen molar-refractivity contribution < 1.29 is 4.79 Å². The molecule has 0 saturated carbocycles. The number of rotatable bonds is 2. The largest absolute Gasteiger partial charge is 0.295 e. The van der Waals surface area contributed by atoms with Gasteiger partial charge in [0.25, 0.3) is 0 Å². The molecule has 0 radical (unpaired) electrons. The van der Waals surface area contributed by atoms with Gasteiger partial charge in [-0.05, 0) is 29.5 Å². The summed E-state index contributed by atoms with van der Waals surface area (Å²) in [6, 6.07) is 5.77. The first-order valence-corrected chi connectivity index (χ1v) is 5.85. The van der Waals surface area contributed by atoms with E-state index in [2.05, 4.69) is 10.2 Å². The first kappa shape index (κ1) is 9.59. The molecule has 0 aromatic carbocycles. The monoisotopic (exact) mass is 231 g/mol. The fraction of sp³-hybridized carbons (Fsp3) is 0.182. The van der Waals surface area contributed by atoms with Gasteiger partial charge in [0.15, 0.2) is 16.6 Å². The van der Waals surface area contributed by atoms with Gasteiger partial charge in [0.2, 0.25) is 0 Å². The highest BCUT2D eigenvalue weighted by atomic mass is 32.2. The Morgan fingerprint density at radius 3 is 3.00 bits per heavy atom. The highest BCUT2D eigenvalue weighted by Crippen LogP contribution is 2.32. The van der Waals surface area contributed by atoms with Crippen LogP contribution in [0.15, 0.2) is 40.5 Å². The third-order valence-electron chi connectivity index (χ3n) is 2.44. The molecule has 0 saturated heterocycles. The predicted octanol–water partition coefficient (Wildman–Crippen LogP) is 2.07. The van der Waals surface area contributed by atoms with E-state index in [4.69, 9.17) is 0 Å². The van der Waals surface area contributed by atoms with E-state index < -0.39 is 0 Å². The maximum atomic E-state index is 11.1. The molecule has 5 heteroatoms. The van der Waals surface area contributed by atoms with Gasteiger partial charge in [-0.15, -0.1) is 10.2 Å². The average Bonchev–Trinajstić information content (AvgIpc) is 2.87. The summed E-state index contributed by atoms with van der Waals surface area (Å²) in [6.07, 6.45) is 5.08. The van der Waals surface area contributed by atoms with Gasteiger partial charge in [0.1, 0.15) is 0 Å². The molecule has 0 aliphatic heterocycles. The van der Waals surface area contributed by atoms with Crippen molar-refractivity contribution in [3.05, 3.63) is 35.4 Å². The van der Waals surface area contributed by atoms with Crippen molar-refractivity contribution >= 4 is 23.2 Å². The van der Waals surface area contributed by atoms with Crippen LogP contribution in [0, 0.1) is 0 Å². The second-order valence-electron chi connectivity index (χ2n) is 3.59. The Bertz CT molecular complexity index is 588. The summed E-state index contributed by atoms with van der Waals surface area (Å²) >= 11 is 1.52. The van der Waals surface area contributed by atoms with E-state index in [-0.39, 0.29) is 5.78 Å². The van der Waals surface area contributed by atoms with Crippen molar-refractivity contribution in [2.24, 2.45) is 0 Å². The van der Waals surface area contributed by atoms with E-state index in [1.165, 1.54) is 11.8 Å². The standard InChI is InChI=1S/C11H9N3OS/c15-8-4-5-9(7-8)16-11-13-12-10-3-1-2-6-14(10)11/h1-3,6-7H,4-5H2. The summed E-state index contributed by atoms with van der Waals surface area (Å²) in [5, 5.41) is 8.98. The minimum Gasteiger partial charge on any atom is -0.295 e. The number of aromatic nitrogens is 3. The molecule has 1 aliphatic rings. The molecule has 0 unspecified atom stereocenters. The zero-order valence-electron chi connectivity index (χ0n) is 8.46. The Morgan fingerprint density at radius 1 is 1.25 bits per heavy atom. The van der Waals surface area contributed by atoms with Gasteiger partial charge in [-0.1, -0.05) is 17.8 Å². The van der Waals surface area contributed by atoms with Crippen LogP contribution in [0.5, 0.6) is 0 Å². The van der Waals surface area contributed by atoms with E-state index in [0.717, 1.165) is 22.1 Å². The Labute approximate surface area is 96.4 Å². The average molecular weight is 231 g/mol. The highest BCUT2D eigenvalue weighted by Gasteiger charge is 2.15. The quantitative estimate of drug-likeness (QED) is 0.793. The van der Waals surface area contributed by atoms with Crippen LogP contribution in [0.25, 0.3) is 5.65 Å². The molecule has 4 nitrogen and oxygen atoms in total. The van der Waals surface area contributed by atoms with E-state index >= 15 is 0 Å². The Morgan fingerprint density at radius 2 is 2.19 bits per heavy atom. The van der Waals surface area contributed by atoms with Crippen molar-refractivity contribution in [3.63, 3.8) is 0 Å². The molecule has 0 spiro atoms. The van der Waals surface area contributed by atoms with Gasteiger partial charge in [0.05, 0.1) is 0 Å². The fourth-order valence-electron chi connectivity index (χ4n) is 1.66. The van der Waals surface area contributed by atoms with Gasteiger partial charge < -0.3 is 0 Å². The fourth-order valence-corrected chi connectivity index (χ4v) is 2.62. The van der Waals surface area contributed by atoms with Crippen molar-refractivity contribution in [1.29, 1.82) is 0 Å². The summed E-state index contributed by atoms with van der Waals surface area (Å²) < 4.78 is 1.92. The summed E-state index contributed by atoms with van der Waals surface area (Å²) in [6.45, 7) is 0. The molecule has 0 fully saturated rings. The van der Waals surface area contributed by atoms with E-state index in [9.17, 15) is 4.79 Å². The zero-order valence-corrected chi connectivity index (χ0v) is 9.28. The summed E-state index contributed by atoms with van der Waals surface area (Å²) in [7, 11) is 0. The van der Waals surface area contributed by atoms with Crippen molar-refractivity contribution in [1.82, 2.24) is 14.6 Å². The SMILES string of the molecule is O=C1C=C(Sc2nnc3ccccn23)CC1. The molecule has 0 amide bonds. The van der Waals surface area contributed by atoms with Crippen LogP contribution in [-0.4, -0.2) is 20.4 Å². The Hall–Kier alpha value is -1.62. The number of ketones is 1. The van der Waals surface area contributed by atoms with E-state index in [0.29, 0.717) is 6.42 Å². The Balaban J connectivity index is 1.95. The normalized spacial score (nSPS) is 15.8. The number of hydrogen-bond acceptors (Lipinski definition) is 4. The summed E-state index contributed by atoms with van der Waals surface area (Å²) in [5.74, 6) is 0.205. The highest BCUT2D eigenvalue weighted by molar-refractivity contribution is 8.03. The molecule has 2 heterocycles. The van der Waals surface area contributed by atoms with Crippen LogP contribution >= 0.6 is 11.8 Å². The van der Waals surface area contributed by atoms with Gasteiger partial charge in [0, 0.05) is 12.6 Å². The van der Waals surface area contributed by atoms with Gasteiger partial charge in [-0.2, -0.15) is 0 Å². The van der Waals surface area contributed by atoms with Crippen LogP contribution in [0.3, 0.4) is 0 Å². The lowest BCUT2D eigenvalue weighted by Crippen LogP contribution is -1.85. The first-order valence-electron chi connectivity index (χ1n) is 5.04.